The maximum atomic E-state index is 11.9. The maximum Gasteiger partial charge on any atom is 0.253 e. The molecule has 6 nitrogen and oxygen atoms in total. The highest BCUT2D eigenvalue weighted by atomic mass is 32.2. The second-order valence-electron chi connectivity index (χ2n) is 4.16. The molecule has 0 fully saturated rings. The fourth-order valence-corrected chi connectivity index (χ4v) is 2.60. The van der Waals surface area contributed by atoms with E-state index < -0.39 is 15.9 Å². The van der Waals surface area contributed by atoms with Crippen LogP contribution in [0.15, 0.2) is 24.3 Å². The Labute approximate surface area is 106 Å². The first-order valence-corrected chi connectivity index (χ1v) is 7.44. The van der Waals surface area contributed by atoms with Crippen molar-refractivity contribution in [3.05, 3.63) is 29.8 Å². The number of benzene rings is 1. The van der Waals surface area contributed by atoms with Crippen molar-refractivity contribution in [3.63, 3.8) is 0 Å². The molecule has 0 spiro atoms. The van der Waals surface area contributed by atoms with E-state index in [0.29, 0.717) is 11.3 Å². The van der Waals surface area contributed by atoms with E-state index >= 15 is 0 Å². The number of anilines is 1. The summed E-state index contributed by atoms with van der Waals surface area (Å²) in [7, 11) is -3.12. The van der Waals surface area contributed by atoms with Crippen molar-refractivity contribution < 1.29 is 13.2 Å². The van der Waals surface area contributed by atoms with Crippen LogP contribution in [-0.4, -0.2) is 32.4 Å². The Bertz CT molecular complexity index is 528. The van der Waals surface area contributed by atoms with Gasteiger partial charge in [-0.25, -0.2) is 8.42 Å². The van der Waals surface area contributed by atoms with Crippen LogP contribution in [0.3, 0.4) is 0 Å². The number of nitrogens with two attached hydrogens (primary N) is 1. The number of hydrogen-bond acceptors (Lipinski definition) is 5. The van der Waals surface area contributed by atoms with Crippen LogP contribution in [0.2, 0.25) is 0 Å². The van der Waals surface area contributed by atoms with Crippen molar-refractivity contribution in [2.24, 2.45) is 5.84 Å². The summed E-state index contributed by atoms with van der Waals surface area (Å²) in [5.41, 5.74) is 3.28. The zero-order valence-electron chi connectivity index (χ0n) is 10.3. The summed E-state index contributed by atoms with van der Waals surface area (Å²) in [4.78, 5) is 11.9. The summed E-state index contributed by atoms with van der Waals surface area (Å²) in [6.07, 6.45) is 1.13. The number of amides is 1. The molecule has 0 saturated carbocycles. The number of para-hydroxylation sites is 1. The van der Waals surface area contributed by atoms with Gasteiger partial charge in [-0.15, -0.1) is 0 Å². The molecular formula is C11H17N3O3S. The summed E-state index contributed by atoms with van der Waals surface area (Å²) in [6, 6.07) is 6.26. The van der Waals surface area contributed by atoms with Crippen molar-refractivity contribution in [2.45, 2.75) is 13.0 Å². The monoisotopic (exact) mass is 271 g/mol. The Morgan fingerprint density at radius 1 is 1.39 bits per heavy atom. The third-order valence-electron chi connectivity index (χ3n) is 2.26. The van der Waals surface area contributed by atoms with Crippen molar-refractivity contribution in [1.82, 2.24) is 5.32 Å². The normalized spacial score (nSPS) is 12.8. The van der Waals surface area contributed by atoms with Gasteiger partial charge in [0.1, 0.15) is 9.84 Å². The first-order chi connectivity index (χ1) is 8.33. The highest BCUT2D eigenvalue weighted by Gasteiger charge is 2.16. The van der Waals surface area contributed by atoms with E-state index in [-0.39, 0.29) is 11.7 Å². The lowest BCUT2D eigenvalue weighted by Gasteiger charge is -2.14. The van der Waals surface area contributed by atoms with Gasteiger partial charge in [0.25, 0.3) is 5.91 Å². The van der Waals surface area contributed by atoms with Crippen molar-refractivity contribution in [2.75, 3.05) is 17.4 Å². The number of hydrogen-bond donors (Lipinski definition) is 3. The molecular weight excluding hydrogens is 254 g/mol. The fraction of sp³-hybridized carbons (Fsp3) is 0.364. The minimum Gasteiger partial charge on any atom is -0.348 e. The van der Waals surface area contributed by atoms with Crippen LogP contribution < -0.4 is 16.6 Å². The molecule has 7 heteroatoms. The van der Waals surface area contributed by atoms with E-state index in [9.17, 15) is 13.2 Å². The summed E-state index contributed by atoms with van der Waals surface area (Å²) in [5.74, 6) is 4.83. The number of nitrogen functional groups attached to an aromatic ring is 1. The summed E-state index contributed by atoms with van der Waals surface area (Å²) in [6.45, 7) is 1.64. The molecule has 1 atom stereocenters. The van der Waals surface area contributed by atoms with E-state index in [4.69, 9.17) is 5.84 Å². The first kappa shape index (κ1) is 14.5. The average molecular weight is 271 g/mol. The van der Waals surface area contributed by atoms with E-state index in [2.05, 4.69) is 10.7 Å². The molecule has 1 aromatic rings. The molecule has 0 bridgehead atoms. The number of carbonyl (C=O) groups excluding carboxylic acids is 1. The van der Waals surface area contributed by atoms with Crippen LogP contribution in [0.25, 0.3) is 0 Å². The van der Waals surface area contributed by atoms with Crippen LogP contribution in [0.1, 0.15) is 17.3 Å². The minimum atomic E-state index is -3.12. The van der Waals surface area contributed by atoms with Gasteiger partial charge in [0.05, 0.1) is 17.0 Å². The highest BCUT2D eigenvalue weighted by Crippen LogP contribution is 2.13. The Morgan fingerprint density at radius 3 is 2.56 bits per heavy atom. The molecule has 18 heavy (non-hydrogen) atoms. The Kier molecular flexibility index (Phi) is 4.69. The van der Waals surface area contributed by atoms with Gasteiger partial charge in [-0.3, -0.25) is 10.6 Å². The summed E-state index contributed by atoms with van der Waals surface area (Å²) in [5, 5.41) is 2.61. The average Bonchev–Trinajstić information content (AvgIpc) is 2.26. The van der Waals surface area contributed by atoms with Gasteiger partial charge >= 0.3 is 0 Å². The van der Waals surface area contributed by atoms with Crippen LogP contribution in [0.4, 0.5) is 5.69 Å². The molecule has 0 aromatic heterocycles. The standard InChI is InChI=1S/C11H17N3O3S/c1-8(7-18(2,16)17)13-11(15)9-5-3-4-6-10(9)14-12/h3-6,8,14H,7,12H2,1-2H3,(H,13,15). The molecule has 1 unspecified atom stereocenters. The lowest BCUT2D eigenvalue weighted by Crippen LogP contribution is -2.37. The highest BCUT2D eigenvalue weighted by molar-refractivity contribution is 7.90. The molecule has 0 heterocycles. The second-order valence-corrected chi connectivity index (χ2v) is 6.34. The van der Waals surface area contributed by atoms with E-state index in [1.165, 1.54) is 0 Å². The molecule has 4 N–H and O–H groups in total. The van der Waals surface area contributed by atoms with Crippen LogP contribution in [0, 0.1) is 0 Å². The summed E-state index contributed by atoms with van der Waals surface area (Å²) >= 11 is 0. The van der Waals surface area contributed by atoms with Gasteiger partial charge in [0.15, 0.2) is 0 Å². The molecule has 100 valence electrons. The van der Waals surface area contributed by atoms with Crippen LogP contribution in [0.5, 0.6) is 0 Å². The molecule has 0 saturated heterocycles. The Morgan fingerprint density at radius 2 is 2.00 bits per heavy atom. The molecule has 0 aliphatic heterocycles. The van der Waals surface area contributed by atoms with Gasteiger partial charge in [-0.05, 0) is 19.1 Å². The van der Waals surface area contributed by atoms with Crippen molar-refractivity contribution in [1.29, 1.82) is 0 Å². The molecule has 1 amide bonds. The van der Waals surface area contributed by atoms with E-state index in [0.717, 1.165) is 6.26 Å². The van der Waals surface area contributed by atoms with Gasteiger partial charge in [-0.1, -0.05) is 12.1 Å². The topological polar surface area (TPSA) is 101 Å². The zero-order chi connectivity index (χ0) is 13.8. The van der Waals surface area contributed by atoms with Gasteiger partial charge < -0.3 is 10.7 Å². The maximum absolute atomic E-state index is 11.9. The fourth-order valence-electron chi connectivity index (χ4n) is 1.60. The van der Waals surface area contributed by atoms with Crippen molar-refractivity contribution >= 4 is 21.4 Å². The number of sulfone groups is 1. The third-order valence-corrected chi connectivity index (χ3v) is 3.36. The largest absolute Gasteiger partial charge is 0.348 e. The molecule has 0 radical (unpaired) electrons. The van der Waals surface area contributed by atoms with Crippen molar-refractivity contribution in [3.8, 4) is 0 Å². The molecule has 1 aromatic carbocycles. The summed E-state index contributed by atoms with van der Waals surface area (Å²) < 4.78 is 22.2. The SMILES string of the molecule is CC(CS(C)(=O)=O)NC(=O)c1ccccc1NN. The number of hydrazine groups is 1. The smallest absolute Gasteiger partial charge is 0.253 e. The molecule has 0 aliphatic rings. The van der Waals surface area contributed by atoms with E-state index in [1.54, 1.807) is 31.2 Å². The minimum absolute atomic E-state index is 0.100. The predicted octanol–water partition coefficient (Wildman–Crippen LogP) is 0.135. The Hall–Kier alpha value is -1.60. The predicted molar refractivity (Wildman–Crippen MR) is 70.9 cm³/mol. The van der Waals surface area contributed by atoms with Gasteiger partial charge in [-0.2, -0.15) is 0 Å². The lowest BCUT2D eigenvalue weighted by atomic mass is 10.1. The third kappa shape index (κ3) is 4.34. The number of nitrogens with one attached hydrogen (secondary N) is 2. The number of rotatable bonds is 5. The molecule has 1 rings (SSSR count). The second kappa shape index (κ2) is 5.83. The first-order valence-electron chi connectivity index (χ1n) is 5.37. The Balaban J connectivity index is 2.77. The molecule has 0 aliphatic carbocycles. The van der Waals surface area contributed by atoms with Gasteiger partial charge in [0.2, 0.25) is 0 Å². The zero-order valence-corrected chi connectivity index (χ0v) is 11.1. The number of carbonyl (C=O) groups is 1. The van der Waals surface area contributed by atoms with Gasteiger partial charge in [0, 0.05) is 12.3 Å². The van der Waals surface area contributed by atoms with Crippen LogP contribution >= 0.6 is 0 Å². The van der Waals surface area contributed by atoms with E-state index in [1.807, 2.05) is 0 Å². The van der Waals surface area contributed by atoms with Crippen LogP contribution in [-0.2, 0) is 9.84 Å². The lowest BCUT2D eigenvalue weighted by molar-refractivity contribution is 0.0944. The quantitative estimate of drug-likeness (QED) is 0.522.